The van der Waals surface area contributed by atoms with Crippen molar-refractivity contribution < 1.29 is 19.5 Å². The normalized spacial score (nSPS) is 18.0. The van der Waals surface area contributed by atoms with Gasteiger partial charge in [-0.2, -0.15) is 0 Å². The van der Waals surface area contributed by atoms with E-state index in [2.05, 4.69) is 0 Å². The molecule has 3 rings (SSSR count). The van der Waals surface area contributed by atoms with Crippen LogP contribution in [0, 0.1) is 0 Å². The summed E-state index contributed by atoms with van der Waals surface area (Å²) >= 11 is 12.9. The highest BCUT2D eigenvalue weighted by Crippen LogP contribution is 2.34. The van der Waals surface area contributed by atoms with Crippen LogP contribution >= 0.6 is 35.0 Å². The number of thioether (sulfide) groups is 1. The SMILES string of the molecule is O=C(O)[C@H](Cc1ccccc1Cl)S[C@@H]1CC(=O)N(c2ccc(Cl)cc2)C1=O. The summed E-state index contributed by atoms with van der Waals surface area (Å²) in [5, 5.41) is 8.89. The molecule has 2 atom stereocenters. The summed E-state index contributed by atoms with van der Waals surface area (Å²) in [5.41, 5.74) is 1.11. The molecular weight excluding hydrogens is 409 g/mol. The van der Waals surface area contributed by atoms with Crippen LogP contribution in [0.15, 0.2) is 48.5 Å². The van der Waals surface area contributed by atoms with Gasteiger partial charge in [-0.3, -0.25) is 14.4 Å². The van der Waals surface area contributed by atoms with Gasteiger partial charge in [0.2, 0.25) is 11.8 Å². The van der Waals surface area contributed by atoms with Crippen molar-refractivity contribution in [2.75, 3.05) is 4.90 Å². The van der Waals surface area contributed by atoms with Crippen LogP contribution in [0.3, 0.4) is 0 Å². The molecule has 0 unspecified atom stereocenters. The number of nitrogens with zero attached hydrogens (tertiary/aromatic N) is 1. The fourth-order valence-corrected chi connectivity index (χ4v) is 4.42. The van der Waals surface area contributed by atoms with Crippen molar-refractivity contribution in [2.45, 2.75) is 23.3 Å². The average Bonchev–Trinajstić information content (AvgIpc) is 2.90. The Kier molecular flexibility index (Phi) is 6.09. The van der Waals surface area contributed by atoms with Crippen molar-refractivity contribution in [1.82, 2.24) is 0 Å². The first-order valence-corrected chi connectivity index (χ1v) is 9.80. The van der Waals surface area contributed by atoms with Crippen molar-refractivity contribution >= 4 is 58.4 Å². The molecule has 1 saturated heterocycles. The van der Waals surface area contributed by atoms with Gasteiger partial charge in [0, 0.05) is 16.5 Å². The van der Waals surface area contributed by atoms with E-state index in [9.17, 15) is 19.5 Å². The molecule has 1 heterocycles. The van der Waals surface area contributed by atoms with Crippen LogP contribution in [0.4, 0.5) is 5.69 Å². The number of rotatable bonds is 6. The minimum absolute atomic E-state index is 0.0432. The van der Waals surface area contributed by atoms with Crippen LogP contribution in [-0.2, 0) is 20.8 Å². The summed E-state index contributed by atoms with van der Waals surface area (Å²) in [7, 11) is 0. The Hall–Kier alpha value is -2.02. The predicted molar refractivity (Wildman–Crippen MR) is 107 cm³/mol. The van der Waals surface area contributed by atoms with Crippen molar-refractivity contribution in [3.63, 3.8) is 0 Å². The van der Waals surface area contributed by atoms with E-state index in [1.165, 1.54) is 0 Å². The van der Waals surface area contributed by atoms with E-state index in [1.54, 1.807) is 48.5 Å². The van der Waals surface area contributed by atoms with Crippen LogP contribution < -0.4 is 4.90 Å². The molecule has 8 heteroatoms. The first kappa shape index (κ1) is 19.7. The lowest BCUT2D eigenvalue weighted by molar-refractivity contribution is -0.136. The zero-order chi connectivity index (χ0) is 19.6. The largest absolute Gasteiger partial charge is 0.480 e. The van der Waals surface area contributed by atoms with Gasteiger partial charge in [-0.05, 0) is 42.3 Å². The second-order valence-electron chi connectivity index (χ2n) is 6.00. The molecule has 2 aromatic rings. The van der Waals surface area contributed by atoms with Crippen LogP contribution in [0.1, 0.15) is 12.0 Å². The minimum atomic E-state index is -1.05. The van der Waals surface area contributed by atoms with Crippen LogP contribution in [0.25, 0.3) is 0 Å². The van der Waals surface area contributed by atoms with Gasteiger partial charge in [-0.1, -0.05) is 41.4 Å². The first-order valence-electron chi connectivity index (χ1n) is 8.11. The number of carbonyl (C=O) groups is 3. The Morgan fingerprint density at radius 1 is 1.15 bits per heavy atom. The Bertz CT molecular complexity index is 888. The highest BCUT2D eigenvalue weighted by molar-refractivity contribution is 8.02. The molecule has 1 N–H and O–H groups in total. The molecule has 1 fully saturated rings. The van der Waals surface area contributed by atoms with Crippen LogP contribution in [-0.4, -0.2) is 33.4 Å². The summed E-state index contributed by atoms with van der Waals surface area (Å²) in [6, 6.07) is 13.3. The van der Waals surface area contributed by atoms with Crippen molar-refractivity contribution in [2.24, 2.45) is 0 Å². The van der Waals surface area contributed by atoms with Crippen LogP contribution in [0.5, 0.6) is 0 Å². The van der Waals surface area contributed by atoms with E-state index in [4.69, 9.17) is 23.2 Å². The predicted octanol–water partition coefficient (Wildman–Crippen LogP) is 4.05. The second-order valence-corrected chi connectivity index (χ2v) is 8.25. The molecule has 0 aromatic heterocycles. The summed E-state index contributed by atoms with van der Waals surface area (Å²) in [6.07, 6.45) is 0.122. The number of carboxylic acid groups (broad SMARTS) is 1. The Morgan fingerprint density at radius 3 is 2.44 bits per heavy atom. The van der Waals surface area contributed by atoms with Gasteiger partial charge in [-0.25, -0.2) is 4.90 Å². The molecule has 1 aliphatic heterocycles. The summed E-state index contributed by atoms with van der Waals surface area (Å²) in [6.45, 7) is 0. The third kappa shape index (κ3) is 4.46. The number of amides is 2. The number of carbonyl (C=O) groups excluding carboxylic acids is 2. The number of aliphatic carboxylic acids is 1. The fourth-order valence-electron chi connectivity index (χ4n) is 2.83. The lowest BCUT2D eigenvalue weighted by atomic mass is 10.1. The maximum atomic E-state index is 12.7. The molecule has 27 heavy (non-hydrogen) atoms. The number of hydrogen-bond acceptors (Lipinski definition) is 4. The van der Waals surface area contributed by atoms with Crippen LogP contribution in [0.2, 0.25) is 10.0 Å². The summed E-state index contributed by atoms with van der Waals surface area (Å²) < 4.78 is 0. The van der Waals surface area contributed by atoms with E-state index < -0.39 is 22.4 Å². The second kappa shape index (κ2) is 8.33. The Labute approximate surface area is 170 Å². The molecule has 0 bridgehead atoms. The molecule has 2 amide bonds. The number of halogens is 2. The van der Waals surface area contributed by atoms with Gasteiger partial charge >= 0.3 is 5.97 Å². The van der Waals surface area contributed by atoms with E-state index in [-0.39, 0.29) is 18.7 Å². The number of anilines is 1. The fraction of sp³-hybridized carbons (Fsp3) is 0.211. The van der Waals surface area contributed by atoms with E-state index in [0.29, 0.717) is 21.3 Å². The number of hydrogen-bond donors (Lipinski definition) is 1. The molecule has 0 saturated carbocycles. The standard InChI is InChI=1S/C19H15Cl2NO4S/c20-12-5-7-13(8-6-12)22-17(23)10-15(18(22)24)27-16(19(25)26)9-11-3-1-2-4-14(11)21/h1-8,15-16H,9-10H2,(H,25,26)/t15-,16+/m1/s1. The molecule has 0 radical (unpaired) electrons. The molecule has 2 aromatic carbocycles. The maximum absolute atomic E-state index is 12.7. The van der Waals surface area contributed by atoms with Crippen molar-refractivity contribution in [3.05, 3.63) is 64.1 Å². The maximum Gasteiger partial charge on any atom is 0.316 e. The van der Waals surface area contributed by atoms with Crippen molar-refractivity contribution in [1.29, 1.82) is 0 Å². The van der Waals surface area contributed by atoms with Gasteiger partial charge < -0.3 is 5.11 Å². The number of imide groups is 1. The third-order valence-electron chi connectivity index (χ3n) is 4.16. The topological polar surface area (TPSA) is 74.7 Å². The third-order valence-corrected chi connectivity index (χ3v) is 6.17. The van der Waals surface area contributed by atoms with Crippen molar-refractivity contribution in [3.8, 4) is 0 Å². The summed E-state index contributed by atoms with van der Waals surface area (Å²) in [4.78, 5) is 37.8. The minimum Gasteiger partial charge on any atom is -0.480 e. The average molecular weight is 424 g/mol. The number of carboxylic acids is 1. The molecular formula is C19H15Cl2NO4S. The zero-order valence-electron chi connectivity index (χ0n) is 14.0. The van der Waals surface area contributed by atoms with Gasteiger partial charge in [0.15, 0.2) is 0 Å². The van der Waals surface area contributed by atoms with E-state index >= 15 is 0 Å². The van der Waals surface area contributed by atoms with E-state index in [1.807, 2.05) is 0 Å². The first-order chi connectivity index (χ1) is 12.9. The van der Waals surface area contributed by atoms with Gasteiger partial charge in [0.05, 0.1) is 10.9 Å². The lowest BCUT2D eigenvalue weighted by Crippen LogP contribution is -2.32. The van der Waals surface area contributed by atoms with Gasteiger partial charge in [0.1, 0.15) is 5.25 Å². The Morgan fingerprint density at radius 2 is 1.81 bits per heavy atom. The molecule has 1 aliphatic rings. The lowest BCUT2D eigenvalue weighted by Gasteiger charge is -2.18. The molecule has 0 spiro atoms. The number of benzene rings is 2. The van der Waals surface area contributed by atoms with Gasteiger partial charge in [0.25, 0.3) is 0 Å². The highest BCUT2D eigenvalue weighted by Gasteiger charge is 2.42. The summed E-state index contributed by atoms with van der Waals surface area (Å²) in [5.74, 6) is -1.83. The highest BCUT2D eigenvalue weighted by atomic mass is 35.5. The Balaban J connectivity index is 1.76. The van der Waals surface area contributed by atoms with Gasteiger partial charge in [-0.15, -0.1) is 11.8 Å². The monoisotopic (exact) mass is 423 g/mol. The van der Waals surface area contributed by atoms with E-state index in [0.717, 1.165) is 16.7 Å². The zero-order valence-corrected chi connectivity index (χ0v) is 16.3. The molecule has 140 valence electrons. The molecule has 5 nitrogen and oxygen atoms in total. The quantitative estimate of drug-likeness (QED) is 0.709. The smallest absolute Gasteiger partial charge is 0.316 e. The molecule has 0 aliphatic carbocycles.